The van der Waals surface area contributed by atoms with E-state index in [9.17, 15) is 9.18 Å². The number of aromatic nitrogens is 3. The Labute approximate surface area is 176 Å². The molecule has 5 aromatic rings. The summed E-state index contributed by atoms with van der Waals surface area (Å²) in [6, 6.07) is 18.6. The summed E-state index contributed by atoms with van der Waals surface area (Å²) in [4.78, 5) is 14.6. The molecule has 0 N–H and O–H groups in total. The Morgan fingerprint density at radius 1 is 1.03 bits per heavy atom. The number of benzene rings is 2. The van der Waals surface area contributed by atoms with Crippen LogP contribution in [0.15, 0.2) is 71.7 Å². The summed E-state index contributed by atoms with van der Waals surface area (Å²) < 4.78 is 18.0. The van der Waals surface area contributed by atoms with E-state index in [1.165, 1.54) is 22.6 Å². The minimum absolute atomic E-state index is 0.0911. The second-order valence-corrected chi connectivity index (χ2v) is 8.71. The number of nitrogens with zero attached hydrogens (tertiary/aromatic N) is 3. The molecule has 0 saturated carbocycles. The molecule has 0 amide bonds. The number of hydrogen-bond donors (Lipinski definition) is 0. The Balaban J connectivity index is 1.61. The van der Waals surface area contributed by atoms with Gasteiger partial charge in [0.25, 0.3) is 5.56 Å². The molecule has 0 unspecified atom stereocenters. The van der Waals surface area contributed by atoms with Crippen LogP contribution in [-0.2, 0) is 19.5 Å². The molecular formula is C24H20FN3OS. The van der Waals surface area contributed by atoms with Gasteiger partial charge in [-0.25, -0.2) is 9.07 Å². The molecule has 5 rings (SSSR count). The molecule has 0 spiro atoms. The number of fused-ring (bicyclic) bond motifs is 3. The lowest BCUT2D eigenvalue weighted by atomic mass is 10.1. The molecule has 0 aliphatic heterocycles. The molecule has 6 heteroatoms. The van der Waals surface area contributed by atoms with Crippen molar-refractivity contribution < 1.29 is 4.39 Å². The first-order valence-electron chi connectivity index (χ1n) is 9.87. The third-order valence-electron chi connectivity index (χ3n) is 5.37. The third-order valence-corrected chi connectivity index (χ3v) is 6.44. The van der Waals surface area contributed by atoms with E-state index in [2.05, 4.69) is 30.2 Å². The van der Waals surface area contributed by atoms with Crippen LogP contribution in [-0.4, -0.2) is 14.3 Å². The van der Waals surface area contributed by atoms with Crippen LogP contribution in [0, 0.1) is 12.7 Å². The maximum atomic E-state index is 13.4. The van der Waals surface area contributed by atoms with E-state index >= 15 is 0 Å². The number of thiophene rings is 1. The summed E-state index contributed by atoms with van der Waals surface area (Å²) in [7, 11) is 0. The number of hydrogen-bond acceptors (Lipinski definition) is 3. The van der Waals surface area contributed by atoms with E-state index in [1.54, 1.807) is 34.3 Å². The lowest BCUT2D eigenvalue weighted by Crippen LogP contribution is -2.25. The Hall–Kier alpha value is -3.25. The summed E-state index contributed by atoms with van der Waals surface area (Å²) in [5, 5.41) is 5.34. The normalized spacial score (nSPS) is 11.5. The van der Waals surface area contributed by atoms with Crippen LogP contribution in [0.1, 0.15) is 16.0 Å². The van der Waals surface area contributed by atoms with E-state index in [0.29, 0.717) is 18.6 Å². The van der Waals surface area contributed by atoms with Gasteiger partial charge < -0.3 is 4.57 Å². The van der Waals surface area contributed by atoms with Gasteiger partial charge in [-0.05, 0) is 42.7 Å². The van der Waals surface area contributed by atoms with Crippen molar-refractivity contribution in [2.75, 3.05) is 0 Å². The zero-order chi connectivity index (χ0) is 20.7. The maximum absolute atomic E-state index is 13.4. The highest BCUT2D eigenvalue weighted by molar-refractivity contribution is 7.20. The van der Waals surface area contributed by atoms with Gasteiger partial charge in [0.05, 0.1) is 16.4 Å². The van der Waals surface area contributed by atoms with Crippen LogP contribution in [0.25, 0.3) is 21.1 Å². The van der Waals surface area contributed by atoms with E-state index in [0.717, 1.165) is 27.6 Å². The predicted molar refractivity (Wildman–Crippen MR) is 120 cm³/mol. The quantitative estimate of drug-likeness (QED) is 0.397. The van der Waals surface area contributed by atoms with Crippen LogP contribution < -0.4 is 5.56 Å². The highest BCUT2D eigenvalue weighted by Gasteiger charge is 2.18. The highest BCUT2D eigenvalue weighted by Crippen LogP contribution is 2.34. The molecule has 150 valence electrons. The van der Waals surface area contributed by atoms with Crippen molar-refractivity contribution in [1.29, 1.82) is 0 Å². The van der Waals surface area contributed by atoms with Crippen molar-refractivity contribution in [3.8, 4) is 0 Å². The van der Waals surface area contributed by atoms with Crippen molar-refractivity contribution in [3.63, 3.8) is 0 Å². The van der Waals surface area contributed by atoms with Crippen LogP contribution >= 0.6 is 11.3 Å². The average Bonchev–Trinajstić information content (AvgIpc) is 3.26. The Bertz CT molecular complexity index is 1400. The molecule has 0 atom stereocenters. The van der Waals surface area contributed by atoms with Crippen molar-refractivity contribution >= 4 is 32.5 Å². The molecule has 3 heterocycles. The van der Waals surface area contributed by atoms with Crippen molar-refractivity contribution in [2.24, 2.45) is 0 Å². The van der Waals surface area contributed by atoms with Crippen molar-refractivity contribution in [1.82, 2.24) is 14.3 Å². The summed E-state index contributed by atoms with van der Waals surface area (Å²) in [5.74, 6) is -0.264. The Morgan fingerprint density at radius 2 is 1.80 bits per heavy atom. The standard InChI is InChI=1S/C24H20FN3OS/c1-16-13-21-23(30-16)20-14-26-28(12-11-17-5-3-2-4-6-17)24(29)22(20)27(21)15-18-7-9-19(25)10-8-18/h2-10,13-14H,11-12,15H2,1H3. The molecule has 0 fully saturated rings. The van der Waals surface area contributed by atoms with Crippen LogP contribution in [0.2, 0.25) is 0 Å². The lowest BCUT2D eigenvalue weighted by molar-refractivity contribution is 0.581. The SMILES string of the molecule is Cc1cc2c(s1)c1cnn(CCc3ccccc3)c(=O)c1n2Cc1ccc(F)cc1. The van der Waals surface area contributed by atoms with Gasteiger partial charge in [-0.1, -0.05) is 42.5 Å². The smallest absolute Gasteiger partial charge is 0.291 e. The molecule has 3 aromatic heterocycles. The average molecular weight is 418 g/mol. The zero-order valence-electron chi connectivity index (χ0n) is 16.5. The second-order valence-electron chi connectivity index (χ2n) is 7.45. The summed E-state index contributed by atoms with van der Waals surface area (Å²) in [5.41, 5.74) is 3.71. The van der Waals surface area contributed by atoms with E-state index < -0.39 is 0 Å². The molecule has 0 bridgehead atoms. The maximum Gasteiger partial charge on any atom is 0.291 e. The molecule has 4 nitrogen and oxygen atoms in total. The second kappa shape index (κ2) is 7.54. The molecule has 0 saturated heterocycles. The molecule has 2 aromatic carbocycles. The van der Waals surface area contributed by atoms with E-state index in [4.69, 9.17) is 0 Å². The Morgan fingerprint density at radius 3 is 2.57 bits per heavy atom. The van der Waals surface area contributed by atoms with Gasteiger partial charge in [0, 0.05) is 23.4 Å². The number of rotatable bonds is 5. The molecule has 0 aliphatic rings. The zero-order valence-corrected chi connectivity index (χ0v) is 17.3. The Kier molecular flexibility index (Phi) is 4.71. The van der Waals surface area contributed by atoms with E-state index in [1.807, 2.05) is 22.8 Å². The van der Waals surface area contributed by atoms with Crippen LogP contribution in [0.5, 0.6) is 0 Å². The van der Waals surface area contributed by atoms with Gasteiger partial charge >= 0.3 is 0 Å². The van der Waals surface area contributed by atoms with Crippen molar-refractivity contribution in [2.45, 2.75) is 26.4 Å². The fourth-order valence-electron chi connectivity index (χ4n) is 3.90. The topological polar surface area (TPSA) is 39.8 Å². The fraction of sp³-hybridized carbons (Fsp3) is 0.167. The monoisotopic (exact) mass is 417 g/mol. The third kappa shape index (κ3) is 3.33. The molecule has 0 radical (unpaired) electrons. The number of halogens is 1. The van der Waals surface area contributed by atoms with Gasteiger partial charge in [-0.3, -0.25) is 4.79 Å². The van der Waals surface area contributed by atoms with Gasteiger partial charge in [-0.2, -0.15) is 5.10 Å². The van der Waals surface area contributed by atoms with E-state index in [-0.39, 0.29) is 11.4 Å². The molecule has 0 aliphatic carbocycles. The summed E-state index contributed by atoms with van der Waals surface area (Å²) >= 11 is 1.67. The highest BCUT2D eigenvalue weighted by atomic mass is 32.1. The van der Waals surface area contributed by atoms with Gasteiger partial charge in [0.1, 0.15) is 11.3 Å². The minimum Gasteiger partial charge on any atom is -0.331 e. The minimum atomic E-state index is -0.264. The van der Waals surface area contributed by atoms with Gasteiger partial charge in [0.2, 0.25) is 0 Å². The lowest BCUT2D eigenvalue weighted by Gasteiger charge is -2.09. The predicted octanol–water partition coefficient (Wildman–Crippen LogP) is 5.15. The largest absolute Gasteiger partial charge is 0.331 e. The first-order valence-corrected chi connectivity index (χ1v) is 10.7. The summed E-state index contributed by atoms with van der Waals surface area (Å²) in [6.07, 6.45) is 2.55. The van der Waals surface area contributed by atoms with Crippen LogP contribution in [0.3, 0.4) is 0 Å². The van der Waals surface area contributed by atoms with Crippen LogP contribution in [0.4, 0.5) is 4.39 Å². The van der Waals surface area contributed by atoms with Crippen molar-refractivity contribution in [3.05, 3.63) is 99.0 Å². The summed E-state index contributed by atoms with van der Waals surface area (Å²) in [6.45, 7) is 3.09. The number of aryl methyl sites for hydroxylation is 3. The first-order chi connectivity index (χ1) is 14.6. The molecular weight excluding hydrogens is 397 g/mol. The first kappa shape index (κ1) is 18.8. The molecule has 30 heavy (non-hydrogen) atoms. The van der Waals surface area contributed by atoms with Gasteiger partial charge in [-0.15, -0.1) is 11.3 Å². The van der Waals surface area contributed by atoms with Gasteiger partial charge in [0.15, 0.2) is 0 Å². The fourth-order valence-corrected chi connectivity index (χ4v) is 4.92.